The van der Waals surface area contributed by atoms with Gasteiger partial charge in [0.2, 0.25) is 5.91 Å². The first-order chi connectivity index (χ1) is 14.5. The maximum absolute atomic E-state index is 12.9. The first-order valence-corrected chi connectivity index (χ1v) is 12.4. The summed E-state index contributed by atoms with van der Waals surface area (Å²) < 4.78 is 37.6. The van der Waals surface area contributed by atoms with Gasteiger partial charge in [-0.05, 0) is 36.5 Å². The molecule has 172 valence electrons. The lowest BCUT2D eigenvalue weighted by atomic mass is 9.94. The number of amides is 1. The molecule has 3 N–H and O–H groups in total. The molecule has 0 aromatic heterocycles. The minimum absolute atomic E-state index is 0.183. The molecule has 0 saturated heterocycles. The zero-order chi connectivity index (χ0) is 23.2. The lowest BCUT2D eigenvalue weighted by Crippen LogP contribution is -2.47. The molecule has 1 aromatic rings. The maximum atomic E-state index is 12.9. The first-order valence-electron chi connectivity index (χ1n) is 9.96. The Balaban J connectivity index is 2.23. The number of nitrogens with zero attached hydrogens (tertiary/aromatic N) is 1. The van der Waals surface area contributed by atoms with Crippen molar-refractivity contribution in [3.8, 4) is 0 Å². The first kappa shape index (κ1) is 25.2. The van der Waals surface area contributed by atoms with Crippen LogP contribution in [0.5, 0.6) is 0 Å². The van der Waals surface area contributed by atoms with Crippen molar-refractivity contribution in [2.45, 2.75) is 45.7 Å². The monoisotopic (exact) mass is 471 g/mol. The molecule has 1 aliphatic rings. The molecular weight excluding hydrogens is 442 g/mol. The van der Waals surface area contributed by atoms with Gasteiger partial charge in [-0.15, -0.1) is 11.8 Å². The molecule has 0 aliphatic carbocycles. The highest BCUT2D eigenvalue weighted by Crippen LogP contribution is 2.25. The van der Waals surface area contributed by atoms with Crippen LogP contribution in [0.25, 0.3) is 0 Å². The molecule has 1 aromatic carbocycles. The van der Waals surface area contributed by atoms with Crippen LogP contribution < -0.4 is 10.0 Å². The molecule has 1 aliphatic heterocycles. The Hall–Kier alpha value is -2.11. The largest absolute Gasteiger partial charge is 0.468 e. The van der Waals surface area contributed by atoms with Gasteiger partial charge in [0, 0.05) is 5.75 Å². The number of ether oxygens (including phenoxy) is 1. The van der Waals surface area contributed by atoms with E-state index in [1.807, 2.05) is 4.72 Å². The van der Waals surface area contributed by atoms with E-state index in [9.17, 15) is 18.0 Å². The van der Waals surface area contributed by atoms with Crippen LogP contribution in [0.1, 0.15) is 32.8 Å². The van der Waals surface area contributed by atoms with Gasteiger partial charge in [0.1, 0.15) is 5.92 Å². The van der Waals surface area contributed by atoms with Crippen LogP contribution in [0.15, 0.2) is 29.3 Å². The third-order valence-electron chi connectivity index (χ3n) is 4.86. The fourth-order valence-corrected chi connectivity index (χ4v) is 4.87. The average Bonchev–Trinajstić information content (AvgIpc) is 3.16. The highest BCUT2D eigenvalue weighted by Gasteiger charge is 2.34. The number of thioether (sulfide) groups is 1. The SMILES string of the molecule is CCC1CSC([C@H](Cc2ccc(NS(=O)(=O)O)cc2)NC(=O)[C@@H](C(=O)OC)C(C)C)=N1. The predicted octanol–water partition coefficient (Wildman–Crippen LogP) is 2.30. The Morgan fingerprint density at radius 2 is 1.94 bits per heavy atom. The second kappa shape index (κ2) is 11.0. The van der Waals surface area contributed by atoms with E-state index in [1.54, 1.807) is 37.7 Å². The molecule has 11 heteroatoms. The van der Waals surface area contributed by atoms with E-state index < -0.39 is 34.1 Å². The Bertz CT molecular complexity index is 915. The summed E-state index contributed by atoms with van der Waals surface area (Å²) in [7, 11) is -3.10. The number of methoxy groups -OCH3 is 1. The van der Waals surface area contributed by atoms with Gasteiger partial charge in [-0.3, -0.25) is 23.9 Å². The molecule has 1 heterocycles. The quantitative estimate of drug-likeness (QED) is 0.271. The molecule has 1 unspecified atom stereocenters. The summed E-state index contributed by atoms with van der Waals surface area (Å²) >= 11 is 1.58. The van der Waals surface area contributed by atoms with E-state index >= 15 is 0 Å². The second-order valence-electron chi connectivity index (χ2n) is 7.62. The minimum Gasteiger partial charge on any atom is -0.468 e. The van der Waals surface area contributed by atoms with Gasteiger partial charge in [0.25, 0.3) is 0 Å². The fourth-order valence-electron chi connectivity index (χ4n) is 3.20. The maximum Gasteiger partial charge on any atom is 0.357 e. The molecule has 0 spiro atoms. The molecule has 2 rings (SSSR count). The standard InChI is InChI=1S/C20H29N3O6S2/c1-5-14-11-30-19(21-14)16(22-18(24)17(12(2)3)20(25)29-4)10-13-6-8-15(9-7-13)23-31(26,27)28/h6-9,12,14,16-17,23H,5,10-11H2,1-4H3,(H,22,24)(H,26,27,28)/t14?,16-,17-/m0/s1. The van der Waals surface area contributed by atoms with E-state index in [0.29, 0.717) is 6.42 Å². The third kappa shape index (κ3) is 7.51. The summed E-state index contributed by atoms with van der Waals surface area (Å²) in [6.45, 7) is 5.62. The van der Waals surface area contributed by atoms with Gasteiger partial charge in [-0.2, -0.15) is 8.42 Å². The van der Waals surface area contributed by atoms with Gasteiger partial charge < -0.3 is 10.1 Å². The van der Waals surface area contributed by atoms with E-state index in [0.717, 1.165) is 22.8 Å². The van der Waals surface area contributed by atoms with Crippen molar-refractivity contribution >= 4 is 44.7 Å². The van der Waals surface area contributed by atoms with E-state index in [-0.39, 0.29) is 17.6 Å². The highest BCUT2D eigenvalue weighted by atomic mass is 32.2. The summed E-state index contributed by atoms with van der Waals surface area (Å²) in [5.74, 6) is -1.33. The molecule has 9 nitrogen and oxygen atoms in total. The number of hydrogen-bond acceptors (Lipinski definition) is 7. The normalized spacial score (nSPS) is 18.3. The Kier molecular flexibility index (Phi) is 8.90. The van der Waals surface area contributed by atoms with Crippen LogP contribution in [0, 0.1) is 11.8 Å². The molecule has 0 fully saturated rings. The summed E-state index contributed by atoms with van der Waals surface area (Å²) in [4.78, 5) is 29.7. The Morgan fingerprint density at radius 1 is 1.29 bits per heavy atom. The van der Waals surface area contributed by atoms with Crippen molar-refractivity contribution in [2.24, 2.45) is 16.8 Å². The van der Waals surface area contributed by atoms with Crippen molar-refractivity contribution in [3.63, 3.8) is 0 Å². The molecule has 0 bridgehead atoms. The lowest BCUT2D eigenvalue weighted by Gasteiger charge is -2.23. The molecule has 1 amide bonds. The highest BCUT2D eigenvalue weighted by molar-refractivity contribution is 8.14. The van der Waals surface area contributed by atoms with Crippen LogP contribution in [-0.2, 0) is 31.1 Å². The van der Waals surface area contributed by atoms with Gasteiger partial charge in [-0.1, -0.05) is 32.9 Å². The third-order valence-corrected chi connectivity index (χ3v) is 6.59. The molecule has 0 saturated carbocycles. The molecule has 31 heavy (non-hydrogen) atoms. The number of carbonyl (C=O) groups excluding carboxylic acids is 2. The van der Waals surface area contributed by atoms with Gasteiger partial charge in [-0.25, -0.2) is 0 Å². The fraction of sp³-hybridized carbons (Fsp3) is 0.550. The second-order valence-corrected chi connectivity index (χ2v) is 9.82. The number of benzene rings is 1. The summed E-state index contributed by atoms with van der Waals surface area (Å²) in [6.07, 6.45) is 1.30. The summed E-state index contributed by atoms with van der Waals surface area (Å²) in [5, 5.41) is 3.76. The van der Waals surface area contributed by atoms with Crippen LogP contribution >= 0.6 is 11.8 Å². The summed E-state index contributed by atoms with van der Waals surface area (Å²) in [6, 6.07) is 6.19. The molecule has 0 radical (unpaired) electrons. The molecule has 3 atom stereocenters. The molecular formula is C20H29N3O6S2. The number of hydrogen-bond donors (Lipinski definition) is 3. The number of nitrogens with one attached hydrogen (secondary N) is 2. The van der Waals surface area contributed by atoms with Crippen LogP contribution in [0.3, 0.4) is 0 Å². The number of rotatable bonds is 10. The van der Waals surface area contributed by atoms with E-state index in [1.165, 1.54) is 19.2 Å². The number of anilines is 1. The Labute approximate surface area is 187 Å². The number of aliphatic imine (C=N–C) groups is 1. The van der Waals surface area contributed by atoms with Crippen molar-refractivity contribution in [2.75, 3.05) is 17.6 Å². The summed E-state index contributed by atoms with van der Waals surface area (Å²) in [5.41, 5.74) is 1.05. The Morgan fingerprint density at radius 3 is 2.42 bits per heavy atom. The lowest BCUT2D eigenvalue weighted by molar-refractivity contribution is -0.152. The van der Waals surface area contributed by atoms with Crippen molar-refractivity contribution in [1.29, 1.82) is 0 Å². The van der Waals surface area contributed by atoms with E-state index in [2.05, 4.69) is 12.2 Å². The van der Waals surface area contributed by atoms with E-state index in [4.69, 9.17) is 14.3 Å². The van der Waals surface area contributed by atoms with Crippen molar-refractivity contribution in [1.82, 2.24) is 5.32 Å². The zero-order valence-electron chi connectivity index (χ0n) is 18.0. The minimum atomic E-state index is -4.35. The average molecular weight is 472 g/mol. The van der Waals surface area contributed by atoms with Crippen LogP contribution in [-0.4, -0.2) is 54.8 Å². The number of carbonyl (C=O) groups is 2. The topological polar surface area (TPSA) is 134 Å². The van der Waals surface area contributed by atoms with Crippen LogP contribution in [0.4, 0.5) is 5.69 Å². The van der Waals surface area contributed by atoms with Gasteiger partial charge in [0.05, 0.1) is 29.9 Å². The zero-order valence-corrected chi connectivity index (χ0v) is 19.6. The van der Waals surface area contributed by atoms with Crippen LogP contribution in [0.2, 0.25) is 0 Å². The van der Waals surface area contributed by atoms with Gasteiger partial charge >= 0.3 is 16.3 Å². The predicted molar refractivity (Wildman–Crippen MR) is 122 cm³/mol. The smallest absolute Gasteiger partial charge is 0.357 e. The number of esters is 1. The van der Waals surface area contributed by atoms with Crippen molar-refractivity contribution in [3.05, 3.63) is 29.8 Å². The van der Waals surface area contributed by atoms with Crippen molar-refractivity contribution < 1.29 is 27.3 Å². The van der Waals surface area contributed by atoms with Gasteiger partial charge in [0.15, 0.2) is 0 Å².